The Morgan fingerprint density at radius 1 is 1.22 bits per heavy atom. The van der Waals surface area contributed by atoms with Gasteiger partial charge in [0.15, 0.2) is 0 Å². The number of hydrogen-bond donors (Lipinski definition) is 2. The first-order chi connectivity index (χ1) is 8.67. The molecule has 1 aromatic heterocycles. The second-order valence-electron chi connectivity index (χ2n) is 4.72. The van der Waals surface area contributed by atoms with E-state index < -0.39 is 0 Å². The van der Waals surface area contributed by atoms with Gasteiger partial charge in [-0.25, -0.2) is 0 Å². The van der Waals surface area contributed by atoms with Crippen molar-refractivity contribution in [2.75, 3.05) is 20.3 Å². The van der Waals surface area contributed by atoms with E-state index in [9.17, 15) is 10.2 Å². The normalized spacial score (nSPS) is 11.9. The SMILES string of the molecule is CN(Cc1cn(C)c2ccccc12)C(CO)CO. The van der Waals surface area contributed by atoms with Gasteiger partial charge < -0.3 is 14.8 Å². The third-order valence-electron chi connectivity index (χ3n) is 3.44. The predicted octanol–water partition coefficient (Wildman–Crippen LogP) is 0.963. The molecule has 0 aliphatic rings. The van der Waals surface area contributed by atoms with Crippen LogP contribution in [0.2, 0.25) is 0 Å². The molecule has 18 heavy (non-hydrogen) atoms. The van der Waals surface area contributed by atoms with Gasteiger partial charge in [0.05, 0.1) is 19.3 Å². The van der Waals surface area contributed by atoms with Crippen molar-refractivity contribution >= 4 is 10.9 Å². The van der Waals surface area contributed by atoms with Crippen molar-refractivity contribution in [3.05, 3.63) is 36.0 Å². The molecule has 1 aromatic carbocycles. The summed E-state index contributed by atoms with van der Waals surface area (Å²) in [6, 6.07) is 8.05. The Bertz CT molecular complexity index is 517. The first kappa shape index (κ1) is 13.1. The summed E-state index contributed by atoms with van der Waals surface area (Å²) >= 11 is 0. The minimum atomic E-state index is -0.205. The Balaban J connectivity index is 2.27. The van der Waals surface area contributed by atoms with E-state index in [2.05, 4.69) is 22.9 Å². The maximum Gasteiger partial charge on any atom is 0.0609 e. The lowest BCUT2D eigenvalue weighted by Gasteiger charge is -2.24. The molecule has 4 heteroatoms. The van der Waals surface area contributed by atoms with Gasteiger partial charge in [0.25, 0.3) is 0 Å². The van der Waals surface area contributed by atoms with Crippen LogP contribution in [0, 0.1) is 0 Å². The van der Waals surface area contributed by atoms with Crippen molar-refractivity contribution < 1.29 is 10.2 Å². The van der Waals surface area contributed by atoms with Gasteiger partial charge in [0.1, 0.15) is 0 Å². The lowest BCUT2D eigenvalue weighted by atomic mass is 10.1. The zero-order valence-corrected chi connectivity index (χ0v) is 10.9. The van der Waals surface area contributed by atoms with E-state index >= 15 is 0 Å². The van der Waals surface area contributed by atoms with Crippen molar-refractivity contribution in [3.8, 4) is 0 Å². The Hall–Kier alpha value is -1.36. The Labute approximate surface area is 107 Å². The van der Waals surface area contributed by atoms with Crippen LogP contribution in [0.25, 0.3) is 10.9 Å². The molecular weight excluding hydrogens is 228 g/mol. The number of para-hydroxylation sites is 1. The molecule has 0 saturated carbocycles. The maximum atomic E-state index is 9.19. The van der Waals surface area contributed by atoms with Crippen LogP contribution in [0.1, 0.15) is 5.56 Å². The third-order valence-corrected chi connectivity index (χ3v) is 3.44. The number of aliphatic hydroxyl groups is 2. The molecule has 0 fully saturated rings. The van der Waals surface area contributed by atoms with Crippen LogP contribution in [-0.4, -0.2) is 46.0 Å². The van der Waals surface area contributed by atoms with Crippen molar-refractivity contribution in [3.63, 3.8) is 0 Å². The monoisotopic (exact) mass is 248 g/mol. The highest BCUT2D eigenvalue weighted by atomic mass is 16.3. The molecule has 2 N–H and O–H groups in total. The van der Waals surface area contributed by atoms with Crippen LogP contribution >= 0.6 is 0 Å². The van der Waals surface area contributed by atoms with Crippen LogP contribution in [0.15, 0.2) is 30.5 Å². The second-order valence-corrected chi connectivity index (χ2v) is 4.72. The first-order valence-electron chi connectivity index (χ1n) is 6.12. The third kappa shape index (κ3) is 2.41. The van der Waals surface area contributed by atoms with Gasteiger partial charge in [0, 0.05) is 30.7 Å². The molecule has 0 radical (unpaired) electrons. The molecule has 2 rings (SSSR count). The van der Waals surface area contributed by atoms with E-state index in [1.54, 1.807) is 0 Å². The molecule has 0 aliphatic carbocycles. The summed E-state index contributed by atoms with van der Waals surface area (Å²) in [7, 11) is 3.94. The number of aliphatic hydroxyl groups excluding tert-OH is 2. The predicted molar refractivity (Wildman–Crippen MR) is 72.3 cm³/mol. The molecule has 0 unspecified atom stereocenters. The Morgan fingerprint density at radius 2 is 1.89 bits per heavy atom. The number of nitrogens with zero attached hydrogens (tertiary/aromatic N) is 2. The van der Waals surface area contributed by atoms with Crippen molar-refractivity contribution in [2.45, 2.75) is 12.6 Å². The maximum absolute atomic E-state index is 9.19. The summed E-state index contributed by atoms with van der Waals surface area (Å²) in [4.78, 5) is 1.97. The fourth-order valence-electron chi connectivity index (χ4n) is 2.29. The van der Waals surface area contributed by atoms with Crippen molar-refractivity contribution in [1.82, 2.24) is 9.47 Å². The van der Waals surface area contributed by atoms with Gasteiger partial charge in [-0.15, -0.1) is 0 Å². The topological polar surface area (TPSA) is 48.6 Å². The van der Waals surface area contributed by atoms with E-state index in [-0.39, 0.29) is 19.3 Å². The Morgan fingerprint density at radius 3 is 2.56 bits per heavy atom. The zero-order chi connectivity index (χ0) is 13.1. The highest BCUT2D eigenvalue weighted by Crippen LogP contribution is 2.21. The molecule has 98 valence electrons. The minimum absolute atomic E-state index is 0.0300. The van der Waals surface area contributed by atoms with Crippen LogP contribution in [-0.2, 0) is 13.6 Å². The zero-order valence-electron chi connectivity index (χ0n) is 10.9. The van der Waals surface area contributed by atoms with Gasteiger partial charge >= 0.3 is 0 Å². The Kier molecular flexibility index (Phi) is 4.01. The molecule has 1 heterocycles. The molecular formula is C14H20N2O2. The number of aryl methyl sites for hydroxylation is 1. The number of rotatable bonds is 5. The van der Waals surface area contributed by atoms with Gasteiger partial charge in [-0.1, -0.05) is 18.2 Å². The van der Waals surface area contributed by atoms with Crippen LogP contribution < -0.4 is 0 Å². The first-order valence-corrected chi connectivity index (χ1v) is 6.12. The van der Waals surface area contributed by atoms with Crippen molar-refractivity contribution in [2.24, 2.45) is 7.05 Å². The summed E-state index contributed by atoms with van der Waals surface area (Å²) in [6.07, 6.45) is 2.10. The molecule has 0 amide bonds. The highest BCUT2D eigenvalue weighted by molar-refractivity contribution is 5.83. The number of likely N-dealkylation sites (N-methyl/N-ethyl adjacent to an activating group) is 1. The summed E-state index contributed by atoms with van der Waals surface area (Å²) in [6.45, 7) is 0.655. The van der Waals surface area contributed by atoms with Gasteiger partial charge in [-0.3, -0.25) is 4.90 Å². The molecule has 0 bridgehead atoms. The summed E-state index contributed by atoms with van der Waals surface area (Å²) < 4.78 is 2.10. The molecule has 4 nitrogen and oxygen atoms in total. The van der Waals surface area contributed by atoms with Gasteiger partial charge in [-0.05, 0) is 18.7 Å². The molecule has 0 aliphatic heterocycles. The number of benzene rings is 1. The number of hydrogen-bond acceptors (Lipinski definition) is 3. The summed E-state index contributed by atoms with van der Waals surface area (Å²) in [5, 5.41) is 19.6. The van der Waals surface area contributed by atoms with Crippen LogP contribution in [0.3, 0.4) is 0 Å². The number of fused-ring (bicyclic) bond motifs is 1. The van der Waals surface area contributed by atoms with E-state index in [1.165, 1.54) is 16.5 Å². The molecule has 0 saturated heterocycles. The second kappa shape index (κ2) is 5.52. The standard InChI is InChI=1S/C14H20N2O2/c1-15(12(9-17)10-18)7-11-8-16(2)14-6-4-3-5-13(11)14/h3-6,8,12,17-18H,7,9-10H2,1-2H3. The summed E-state index contributed by atoms with van der Waals surface area (Å²) in [5.41, 5.74) is 2.41. The lowest BCUT2D eigenvalue weighted by Crippen LogP contribution is -2.37. The molecule has 0 atom stereocenters. The van der Waals surface area contributed by atoms with Crippen molar-refractivity contribution in [1.29, 1.82) is 0 Å². The number of aromatic nitrogens is 1. The van der Waals surface area contributed by atoms with Gasteiger partial charge in [-0.2, -0.15) is 0 Å². The van der Waals surface area contributed by atoms with E-state index in [0.717, 1.165) is 0 Å². The fraction of sp³-hybridized carbons (Fsp3) is 0.429. The smallest absolute Gasteiger partial charge is 0.0609 e. The largest absolute Gasteiger partial charge is 0.395 e. The fourth-order valence-corrected chi connectivity index (χ4v) is 2.29. The average Bonchev–Trinajstić information content (AvgIpc) is 2.69. The van der Waals surface area contributed by atoms with Gasteiger partial charge in [0.2, 0.25) is 0 Å². The van der Waals surface area contributed by atoms with E-state index in [1.807, 2.05) is 31.1 Å². The van der Waals surface area contributed by atoms with Crippen LogP contribution in [0.5, 0.6) is 0 Å². The lowest BCUT2D eigenvalue weighted by molar-refractivity contribution is 0.0876. The molecule has 0 spiro atoms. The molecule has 2 aromatic rings. The van der Waals surface area contributed by atoms with Crippen LogP contribution in [0.4, 0.5) is 0 Å². The minimum Gasteiger partial charge on any atom is -0.395 e. The summed E-state index contributed by atoms with van der Waals surface area (Å²) in [5.74, 6) is 0. The average molecular weight is 248 g/mol. The van der Waals surface area contributed by atoms with E-state index in [0.29, 0.717) is 6.54 Å². The quantitative estimate of drug-likeness (QED) is 0.828. The highest BCUT2D eigenvalue weighted by Gasteiger charge is 2.15. The van der Waals surface area contributed by atoms with E-state index in [4.69, 9.17) is 0 Å².